The lowest BCUT2D eigenvalue weighted by Crippen LogP contribution is -2.50. The van der Waals surface area contributed by atoms with Gasteiger partial charge < -0.3 is 14.2 Å². The van der Waals surface area contributed by atoms with Crippen molar-refractivity contribution in [2.45, 2.75) is 123 Å². The molecule has 5 heteroatoms. The number of unbranched alkanes of at least 4 members (excludes halogenated alkanes) is 3. The summed E-state index contributed by atoms with van der Waals surface area (Å²) in [5.41, 5.74) is -1.31. The van der Waals surface area contributed by atoms with Crippen LogP contribution in [0.1, 0.15) is 110 Å². The van der Waals surface area contributed by atoms with Gasteiger partial charge in [0.05, 0.1) is 19.3 Å². The summed E-state index contributed by atoms with van der Waals surface area (Å²) in [6.07, 6.45) is 17.5. The maximum Gasteiger partial charge on any atom is 0.331 e. The van der Waals surface area contributed by atoms with E-state index in [2.05, 4.69) is 19.9 Å². The second-order valence-corrected chi connectivity index (χ2v) is 10.7. The lowest BCUT2D eigenvalue weighted by Gasteiger charge is -2.40. The third-order valence-corrected chi connectivity index (χ3v) is 8.12. The number of hydrogen-bond donors (Lipinski definition) is 0. The maximum atomic E-state index is 12.9. The average Bonchev–Trinajstić information content (AvgIpc) is 2.84. The van der Waals surface area contributed by atoms with Crippen molar-refractivity contribution in [3.63, 3.8) is 0 Å². The first-order valence-electron chi connectivity index (χ1n) is 13.5. The van der Waals surface area contributed by atoms with E-state index in [1.165, 1.54) is 57.8 Å². The predicted octanol–water partition coefficient (Wildman–Crippen LogP) is 6.55. The lowest BCUT2D eigenvalue weighted by molar-refractivity contribution is -0.247. The summed E-state index contributed by atoms with van der Waals surface area (Å²) in [5.74, 6) is 1.53. The molecule has 3 fully saturated rings. The zero-order chi connectivity index (χ0) is 22.8. The number of carbonyl (C=O) groups is 1. The largest absolute Gasteiger partial charge is 0.461 e. The van der Waals surface area contributed by atoms with Crippen LogP contribution in [0.2, 0.25) is 0 Å². The Morgan fingerprint density at radius 3 is 2.00 bits per heavy atom. The molecule has 0 unspecified atom stereocenters. The molecule has 0 bridgehead atoms. The van der Waals surface area contributed by atoms with E-state index < -0.39 is 11.4 Å². The van der Waals surface area contributed by atoms with Crippen LogP contribution in [0.3, 0.4) is 0 Å². The normalized spacial score (nSPS) is 35.7. The highest BCUT2D eigenvalue weighted by atomic mass is 16.7. The summed E-state index contributed by atoms with van der Waals surface area (Å²) in [7, 11) is 0. The third-order valence-electron chi connectivity index (χ3n) is 8.12. The molecule has 3 aliphatic rings. The van der Waals surface area contributed by atoms with Gasteiger partial charge in [0.25, 0.3) is 0 Å². The van der Waals surface area contributed by atoms with Crippen molar-refractivity contribution in [3.05, 3.63) is 0 Å². The molecular weight excluding hydrogens is 402 g/mol. The minimum atomic E-state index is -1.31. The third kappa shape index (κ3) is 6.94. The predicted molar refractivity (Wildman–Crippen MR) is 125 cm³/mol. The molecule has 32 heavy (non-hydrogen) atoms. The fourth-order valence-electron chi connectivity index (χ4n) is 5.77. The standard InChI is InChI=1S/C27H45NO4/c1-3-5-7-9-22-12-16-24(17-13-22)32-26(29)27(18-28)19-30-25(31-20-27)23-14-10-21(11-15-23)8-6-4-2/h21-25H,3-17,19-20H2,1-2H3. The van der Waals surface area contributed by atoms with Gasteiger partial charge in [0.1, 0.15) is 6.10 Å². The molecule has 0 N–H and O–H groups in total. The summed E-state index contributed by atoms with van der Waals surface area (Å²) in [6.45, 7) is 4.67. The van der Waals surface area contributed by atoms with E-state index in [0.29, 0.717) is 5.92 Å². The Morgan fingerprint density at radius 2 is 1.44 bits per heavy atom. The van der Waals surface area contributed by atoms with Gasteiger partial charge in [0, 0.05) is 5.92 Å². The molecule has 1 aliphatic heterocycles. The van der Waals surface area contributed by atoms with Gasteiger partial charge in [-0.25, -0.2) is 0 Å². The Balaban J connectivity index is 1.40. The molecule has 0 aromatic heterocycles. The SMILES string of the molecule is CCCCCC1CCC(OC(=O)C2(C#N)COC(C3CCC(CCCC)CC3)OC2)CC1. The second kappa shape index (κ2) is 12.9. The van der Waals surface area contributed by atoms with Crippen LogP contribution in [0, 0.1) is 34.5 Å². The number of carbonyl (C=O) groups excluding carboxylic acids is 1. The molecular formula is C27H45NO4. The van der Waals surface area contributed by atoms with Crippen molar-refractivity contribution in [1.29, 1.82) is 5.26 Å². The minimum absolute atomic E-state index is 0.0636. The molecule has 1 heterocycles. The molecule has 2 saturated carbocycles. The molecule has 3 rings (SSSR count). The van der Waals surface area contributed by atoms with Crippen molar-refractivity contribution in [1.82, 2.24) is 0 Å². The molecule has 0 aromatic carbocycles. The molecule has 0 spiro atoms. The summed E-state index contributed by atoms with van der Waals surface area (Å²) < 4.78 is 17.8. The topological polar surface area (TPSA) is 68.6 Å². The second-order valence-electron chi connectivity index (χ2n) is 10.7. The van der Waals surface area contributed by atoms with E-state index in [-0.39, 0.29) is 25.6 Å². The van der Waals surface area contributed by atoms with E-state index in [0.717, 1.165) is 50.4 Å². The lowest BCUT2D eigenvalue weighted by atomic mass is 9.79. The van der Waals surface area contributed by atoms with Gasteiger partial charge >= 0.3 is 5.97 Å². The first kappa shape index (κ1) is 25.5. The van der Waals surface area contributed by atoms with Crippen molar-refractivity contribution in [3.8, 4) is 6.07 Å². The highest BCUT2D eigenvalue weighted by Crippen LogP contribution is 2.38. The van der Waals surface area contributed by atoms with Gasteiger partial charge in [-0.15, -0.1) is 0 Å². The summed E-state index contributed by atoms with van der Waals surface area (Å²) in [4.78, 5) is 12.9. The van der Waals surface area contributed by atoms with Gasteiger partial charge in [0.2, 0.25) is 5.41 Å². The van der Waals surface area contributed by atoms with E-state index in [9.17, 15) is 10.1 Å². The van der Waals surface area contributed by atoms with Crippen molar-refractivity contribution >= 4 is 5.97 Å². The first-order valence-corrected chi connectivity index (χ1v) is 13.5. The molecule has 5 nitrogen and oxygen atoms in total. The van der Waals surface area contributed by atoms with Crippen LogP contribution in [0.4, 0.5) is 0 Å². The van der Waals surface area contributed by atoms with Crippen molar-refractivity contribution in [2.75, 3.05) is 13.2 Å². The van der Waals surface area contributed by atoms with Gasteiger partial charge in [-0.2, -0.15) is 5.26 Å². The summed E-state index contributed by atoms with van der Waals surface area (Å²) >= 11 is 0. The van der Waals surface area contributed by atoms with Crippen LogP contribution >= 0.6 is 0 Å². The smallest absolute Gasteiger partial charge is 0.331 e. The Hall–Kier alpha value is -1.12. The van der Waals surface area contributed by atoms with Crippen LogP contribution < -0.4 is 0 Å². The van der Waals surface area contributed by atoms with Crippen molar-refractivity contribution in [2.24, 2.45) is 23.2 Å². The molecule has 0 aromatic rings. The maximum absolute atomic E-state index is 12.9. The Morgan fingerprint density at radius 1 is 0.875 bits per heavy atom. The van der Waals surface area contributed by atoms with E-state index in [1.54, 1.807) is 0 Å². The number of esters is 1. The summed E-state index contributed by atoms with van der Waals surface area (Å²) in [5, 5.41) is 9.81. The number of hydrogen-bond acceptors (Lipinski definition) is 5. The van der Waals surface area contributed by atoms with Gasteiger partial charge in [0.15, 0.2) is 6.29 Å². The molecule has 0 amide bonds. The van der Waals surface area contributed by atoms with E-state index in [4.69, 9.17) is 14.2 Å². The van der Waals surface area contributed by atoms with Crippen LogP contribution in [0.5, 0.6) is 0 Å². The van der Waals surface area contributed by atoms with Crippen LogP contribution in [-0.4, -0.2) is 31.6 Å². The van der Waals surface area contributed by atoms with Gasteiger partial charge in [-0.3, -0.25) is 4.79 Å². The van der Waals surface area contributed by atoms with Crippen molar-refractivity contribution < 1.29 is 19.0 Å². The van der Waals surface area contributed by atoms with E-state index >= 15 is 0 Å². The number of nitriles is 1. The highest BCUT2D eigenvalue weighted by molar-refractivity contribution is 5.80. The van der Waals surface area contributed by atoms with Crippen LogP contribution in [0.25, 0.3) is 0 Å². The quantitative estimate of drug-likeness (QED) is 0.281. The van der Waals surface area contributed by atoms with E-state index in [1.807, 2.05) is 0 Å². The van der Waals surface area contributed by atoms with Crippen LogP contribution in [0.15, 0.2) is 0 Å². The Bertz CT molecular complexity index is 591. The number of nitrogens with zero attached hydrogens (tertiary/aromatic N) is 1. The van der Waals surface area contributed by atoms with Gasteiger partial charge in [-0.05, 0) is 63.2 Å². The minimum Gasteiger partial charge on any atom is -0.461 e. The zero-order valence-corrected chi connectivity index (χ0v) is 20.5. The zero-order valence-electron chi connectivity index (χ0n) is 20.5. The Labute approximate surface area is 195 Å². The Kier molecular flexibility index (Phi) is 10.3. The van der Waals surface area contributed by atoms with Crippen LogP contribution in [-0.2, 0) is 19.0 Å². The number of ether oxygens (including phenoxy) is 3. The number of rotatable bonds is 10. The van der Waals surface area contributed by atoms with Gasteiger partial charge in [-0.1, -0.05) is 58.8 Å². The summed E-state index contributed by atoms with van der Waals surface area (Å²) in [6, 6.07) is 2.18. The first-order chi connectivity index (χ1) is 15.6. The molecule has 2 aliphatic carbocycles. The monoisotopic (exact) mass is 447 g/mol. The molecule has 182 valence electrons. The average molecular weight is 448 g/mol. The molecule has 1 saturated heterocycles. The highest BCUT2D eigenvalue weighted by Gasteiger charge is 2.48. The fraction of sp³-hybridized carbons (Fsp3) is 0.926. The molecule has 0 radical (unpaired) electrons. The molecule has 0 atom stereocenters. The fourth-order valence-corrected chi connectivity index (χ4v) is 5.77.